The number of carbonyl (C=O) groups excluding carboxylic acids is 1. The highest BCUT2D eigenvalue weighted by molar-refractivity contribution is 5.94. The third-order valence-electron chi connectivity index (χ3n) is 1.42. The molecule has 1 radical (unpaired) electrons. The Balaban J connectivity index is 2.34. The van der Waals surface area contributed by atoms with E-state index in [0.29, 0.717) is 0 Å². The molecule has 5 N–H and O–H groups in total. The molecule has 1 aromatic rings. The van der Waals surface area contributed by atoms with E-state index >= 15 is 0 Å². The van der Waals surface area contributed by atoms with Gasteiger partial charge in [-0.1, -0.05) is 30.3 Å². The molecule has 73 valence electrons. The van der Waals surface area contributed by atoms with Crippen molar-refractivity contribution in [1.82, 2.24) is 10.6 Å². The third kappa shape index (κ3) is 3.57. The second-order valence-corrected chi connectivity index (χ2v) is 2.57. The predicted molar refractivity (Wildman–Crippen MR) is 53.4 cm³/mol. The smallest absolute Gasteiger partial charge is 0.322 e. The fraction of sp³-hybridized carbons (Fsp3) is 0. The second-order valence-electron chi connectivity index (χ2n) is 2.57. The molecule has 1 aromatic carbocycles. The average molecular weight is 191 g/mol. The molecule has 1 rings (SSSR count). The zero-order valence-electron chi connectivity index (χ0n) is 7.45. The molecule has 0 bridgehead atoms. The van der Waals surface area contributed by atoms with Crippen LogP contribution in [0.2, 0.25) is 0 Å². The summed E-state index contributed by atoms with van der Waals surface area (Å²) in [5, 5.41) is 11.3. The van der Waals surface area contributed by atoms with Gasteiger partial charge in [0.1, 0.15) is 0 Å². The van der Waals surface area contributed by atoms with Crippen LogP contribution in [0.5, 0.6) is 0 Å². The first kappa shape index (κ1) is 10.0. The molecule has 0 atom stereocenters. The Hall–Kier alpha value is -2.04. The number of benzene rings is 1. The van der Waals surface area contributed by atoms with Crippen LogP contribution in [0.4, 0.5) is 4.79 Å². The van der Waals surface area contributed by atoms with Crippen molar-refractivity contribution in [2.45, 2.75) is 0 Å². The number of amides is 2. The molecular weight excluding hydrogens is 180 g/mol. The van der Waals surface area contributed by atoms with Crippen LogP contribution in [-0.2, 0) is 0 Å². The SMILES string of the molecule is N=C(N)NC(=O)N[CH]c1ccccc1. The minimum atomic E-state index is -0.527. The van der Waals surface area contributed by atoms with E-state index in [1.807, 2.05) is 30.3 Å². The van der Waals surface area contributed by atoms with Crippen molar-refractivity contribution in [3.63, 3.8) is 0 Å². The fourth-order valence-corrected chi connectivity index (χ4v) is 0.857. The van der Waals surface area contributed by atoms with Crippen molar-refractivity contribution in [2.75, 3.05) is 0 Å². The van der Waals surface area contributed by atoms with E-state index in [0.717, 1.165) is 5.56 Å². The lowest BCUT2D eigenvalue weighted by atomic mass is 10.2. The largest absolute Gasteiger partial charge is 0.370 e. The molecule has 5 heteroatoms. The summed E-state index contributed by atoms with van der Waals surface area (Å²) in [5.41, 5.74) is 5.83. The zero-order valence-corrected chi connectivity index (χ0v) is 7.45. The van der Waals surface area contributed by atoms with E-state index in [-0.39, 0.29) is 5.96 Å². The number of nitrogens with two attached hydrogens (primary N) is 1. The molecule has 0 unspecified atom stereocenters. The Labute approximate surface area is 81.8 Å². The molecule has 0 aliphatic rings. The standard InChI is InChI=1S/C9H11N4O/c10-8(11)13-9(14)12-6-7-4-2-1-3-5-7/h1-6H,(H5,10,11,12,13,14). The lowest BCUT2D eigenvalue weighted by Gasteiger charge is -2.04. The molecule has 0 heterocycles. The lowest BCUT2D eigenvalue weighted by molar-refractivity contribution is 0.247. The van der Waals surface area contributed by atoms with Gasteiger partial charge in [0, 0.05) is 0 Å². The highest BCUT2D eigenvalue weighted by Crippen LogP contribution is 1.98. The maximum atomic E-state index is 11.0. The normalized spacial score (nSPS) is 9.14. The molecule has 0 saturated carbocycles. The minimum Gasteiger partial charge on any atom is -0.370 e. The van der Waals surface area contributed by atoms with Crippen LogP contribution in [0.15, 0.2) is 30.3 Å². The minimum absolute atomic E-state index is 0.385. The van der Waals surface area contributed by atoms with Gasteiger partial charge in [-0.2, -0.15) is 0 Å². The van der Waals surface area contributed by atoms with E-state index in [4.69, 9.17) is 11.1 Å². The fourth-order valence-electron chi connectivity index (χ4n) is 0.857. The Bertz CT molecular complexity index is 323. The summed E-state index contributed by atoms with van der Waals surface area (Å²) in [6.07, 6.45) is 0. The van der Waals surface area contributed by atoms with Gasteiger partial charge in [-0.05, 0) is 5.56 Å². The first-order valence-electron chi connectivity index (χ1n) is 3.98. The van der Waals surface area contributed by atoms with Crippen LogP contribution in [0.1, 0.15) is 5.56 Å². The number of carbonyl (C=O) groups is 1. The van der Waals surface area contributed by atoms with Gasteiger partial charge in [-0.15, -0.1) is 0 Å². The van der Waals surface area contributed by atoms with E-state index in [1.165, 1.54) is 6.54 Å². The molecular formula is C9H11N4O. The Kier molecular flexibility index (Phi) is 3.49. The van der Waals surface area contributed by atoms with E-state index in [2.05, 4.69) is 10.6 Å². The molecule has 0 aliphatic carbocycles. The van der Waals surface area contributed by atoms with Crippen LogP contribution >= 0.6 is 0 Å². The van der Waals surface area contributed by atoms with Gasteiger partial charge >= 0.3 is 6.03 Å². The molecule has 5 nitrogen and oxygen atoms in total. The van der Waals surface area contributed by atoms with Crippen molar-refractivity contribution >= 4 is 12.0 Å². The predicted octanol–water partition coefficient (Wildman–Crippen LogP) is 0.389. The Morgan fingerprint density at radius 3 is 2.57 bits per heavy atom. The van der Waals surface area contributed by atoms with Crippen LogP contribution in [-0.4, -0.2) is 12.0 Å². The van der Waals surface area contributed by atoms with Gasteiger partial charge in [-0.25, -0.2) is 4.79 Å². The molecule has 0 aromatic heterocycles. The number of hydrogen-bond acceptors (Lipinski definition) is 2. The molecule has 2 amide bonds. The van der Waals surface area contributed by atoms with Crippen LogP contribution in [0.25, 0.3) is 0 Å². The van der Waals surface area contributed by atoms with Crippen LogP contribution in [0.3, 0.4) is 0 Å². The van der Waals surface area contributed by atoms with Crippen LogP contribution in [0, 0.1) is 12.0 Å². The quantitative estimate of drug-likeness (QED) is 0.402. The van der Waals surface area contributed by atoms with Crippen LogP contribution < -0.4 is 16.4 Å². The maximum Gasteiger partial charge on any atom is 0.322 e. The van der Waals surface area contributed by atoms with Crippen molar-refractivity contribution in [3.8, 4) is 0 Å². The van der Waals surface area contributed by atoms with Gasteiger partial charge < -0.3 is 11.1 Å². The van der Waals surface area contributed by atoms with E-state index in [1.54, 1.807) is 0 Å². The average Bonchev–Trinajstić information content (AvgIpc) is 2.15. The highest BCUT2D eigenvalue weighted by Gasteiger charge is 2.00. The Morgan fingerprint density at radius 2 is 2.00 bits per heavy atom. The summed E-state index contributed by atoms with van der Waals surface area (Å²) in [7, 11) is 0. The summed E-state index contributed by atoms with van der Waals surface area (Å²) < 4.78 is 0. The topological polar surface area (TPSA) is 91.0 Å². The lowest BCUT2D eigenvalue weighted by Crippen LogP contribution is -2.41. The first-order chi connectivity index (χ1) is 6.68. The second kappa shape index (κ2) is 4.86. The van der Waals surface area contributed by atoms with Gasteiger partial charge in [0.2, 0.25) is 0 Å². The highest BCUT2D eigenvalue weighted by atomic mass is 16.2. The summed E-state index contributed by atoms with van der Waals surface area (Å²) in [6.45, 7) is 1.53. The van der Waals surface area contributed by atoms with Crippen molar-refractivity contribution in [3.05, 3.63) is 42.4 Å². The van der Waals surface area contributed by atoms with Gasteiger partial charge in [0.25, 0.3) is 0 Å². The molecule has 0 fully saturated rings. The van der Waals surface area contributed by atoms with E-state index < -0.39 is 6.03 Å². The number of hydrogen-bond donors (Lipinski definition) is 4. The summed E-state index contributed by atoms with van der Waals surface area (Å²) in [4.78, 5) is 11.0. The van der Waals surface area contributed by atoms with Crippen molar-refractivity contribution in [1.29, 1.82) is 5.41 Å². The first-order valence-corrected chi connectivity index (χ1v) is 3.98. The van der Waals surface area contributed by atoms with Gasteiger partial charge in [0.15, 0.2) is 5.96 Å². The molecule has 14 heavy (non-hydrogen) atoms. The molecule has 0 spiro atoms. The maximum absolute atomic E-state index is 11.0. The number of rotatable bonds is 2. The summed E-state index contributed by atoms with van der Waals surface area (Å²) >= 11 is 0. The molecule has 0 saturated heterocycles. The number of nitrogens with one attached hydrogen (secondary N) is 3. The monoisotopic (exact) mass is 191 g/mol. The Morgan fingerprint density at radius 1 is 1.36 bits per heavy atom. The summed E-state index contributed by atoms with van der Waals surface area (Å²) in [5.74, 6) is -0.385. The zero-order chi connectivity index (χ0) is 10.4. The molecule has 0 aliphatic heterocycles. The van der Waals surface area contributed by atoms with Crippen molar-refractivity contribution in [2.24, 2.45) is 5.73 Å². The summed E-state index contributed by atoms with van der Waals surface area (Å²) in [6, 6.07) is 8.75. The number of guanidine groups is 1. The van der Waals surface area contributed by atoms with Gasteiger partial charge in [0.05, 0.1) is 6.54 Å². The van der Waals surface area contributed by atoms with Crippen molar-refractivity contribution < 1.29 is 4.79 Å². The van der Waals surface area contributed by atoms with E-state index in [9.17, 15) is 4.79 Å². The van der Waals surface area contributed by atoms with Gasteiger partial charge in [-0.3, -0.25) is 10.7 Å². The number of urea groups is 1. The third-order valence-corrected chi connectivity index (χ3v) is 1.42.